The number of hydrogen-bond donors (Lipinski definition) is 2. The topological polar surface area (TPSA) is 53.4 Å². The number of hydrogen-bond acceptors (Lipinski definition) is 3. The first-order chi connectivity index (χ1) is 6.07. The Morgan fingerprint density at radius 2 is 2.15 bits per heavy atom. The third-order valence-corrected chi connectivity index (χ3v) is 2.46. The predicted octanol–water partition coefficient (Wildman–Crippen LogP) is 1.82. The number of aliphatic hydroxyl groups excluding tert-OH is 1. The number of halogens is 3. The zero-order valence-corrected chi connectivity index (χ0v) is 8.49. The van der Waals surface area contributed by atoms with E-state index in [0.717, 1.165) is 6.20 Å². The highest BCUT2D eigenvalue weighted by atomic mass is 127. The van der Waals surface area contributed by atoms with E-state index >= 15 is 0 Å². The summed E-state index contributed by atoms with van der Waals surface area (Å²) in [5.41, 5.74) is -0.558. The Kier molecular flexibility index (Phi) is 3.37. The molecule has 0 unspecified atom stereocenters. The van der Waals surface area contributed by atoms with Crippen molar-refractivity contribution in [3.8, 4) is 5.75 Å². The minimum atomic E-state index is -2.81. The first kappa shape index (κ1) is 10.6. The Balaban J connectivity index is 3.35. The van der Waals surface area contributed by atoms with E-state index in [9.17, 15) is 8.78 Å². The molecule has 0 aromatic carbocycles. The van der Waals surface area contributed by atoms with Crippen molar-refractivity contribution >= 4 is 22.6 Å². The molecule has 3 nitrogen and oxygen atoms in total. The van der Waals surface area contributed by atoms with Crippen molar-refractivity contribution in [1.82, 2.24) is 4.98 Å². The van der Waals surface area contributed by atoms with Crippen molar-refractivity contribution in [1.29, 1.82) is 0 Å². The Bertz CT molecular complexity index is 320. The molecule has 0 spiro atoms. The van der Waals surface area contributed by atoms with Gasteiger partial charge in [-0.25, -0.2) is 13.8 Å². The molecule has 0 aliphatic rings. The largest absolute Gasteiger partial charge is 0.506 e. The summed E-state index contributed by atoms with van der Waals surface area (Å²) in [5, 5.41) is 17.8. The van der Waals surface area contributed by atoms with Gasteiger partial charge in [0, 0.05) is 5.56 Å². The van der Waals surface area contributed by atoms with Gasteiger partial charge in [0.05, 0.1) is 18.4 Å². The van der Waals surface area contributed by atoms with Crippen molar-refractivity contribution in [2.75, 3.05) is 0 Å². The summed E-state index contributed by atoms with van der Waals surface area (Å²) in [6.07, 6.45) is -1.86. The molecule has 72 valence electrons. The quantitative estimate of drug-likeness (QED) is 0.647. The Morgan fingerprint density at radius 3 is 2.54 bits per heavy atom. The van der Waals surface area contributed by atoms with Gasteiger partial charge in [0.15, 0.2) is 0 Å². The highest BCUT2D eigenvalue weighted by Crippen LogP contribution is 2.32. The minimum absolute atomic E-state index is 0.0180. The molecular formula is C7H6F2INO2. The number of nitrogens with zero attached hydrogens (tertiary/aromatic N) is 1. The highest BCUT2D eigenvalue weighted by molar-refractivity contribution is 14.1. The second-order valence-electron chi connectivity index (χ2n) is 2.29. The van der Waals surface area contributed by atoms with Crippen molar-refractivity contribution in [2.45, 2.75) is 13.0 Å². The zero-order valence-electron chi connectivity index (χ0n) is 6.34. The third-order valence-electron chi connectivity index (χ3n) is 1.53. The molecule has 13 heavy (non-hydrogen) atoms. The number of alkyl halides is 2. The molecule has 0 atom stereocenters. The van der Waals surface area contributed by atoms with Gasteiger partial charge >= 0.3 is 0 Å². The summed E-state index contributed by atoms with van der Waals surface area (Å²) in [5.74, 6) is -0.584. The lowest BCUT2D eigenvalue weighted by Gasteiger charge is -2.09. The summed E-state index contributed by atoms with van der Waals surface area (Å²) < 4.78 is 25.0. The second kappa shape index (κ2) is 4.14. The molecule has 1 rings (SSSR count). The number of rotatable bonds is 2. The Morgan fingerprint density at radius 1 is 1.54 bits per heavy atom. The maximum absolute atomic E-state index is 12.4. The smallest absolute Gasteiger partial charge is 0.267 e. The van der Waals surface area contributed by atoms with Crippen LogP contribution in [-0.4, -0.2) is 15.2 Å². The van der Waals surface area contributed by atoms with Crippen LogP contribution in [0.5, 0.6) is 5.75 Å². The molecule has 0 bridgehead atoms. The van der Waals surface area contributed by atoms with Crippen LogP contribution < -0.4 is 0 Å². The lowest BCUT2D eigenvalue weighted by molar-refractivity contribution is 0.142. The van der Waals surface area contributed by atoms with E-state index < -0.39 is 24.3 Å². The molecule has 0 saturated heterocycles. The Labute approximate surface area is 86.6 Å². The van der Waals surface area contributed by atoms with E-state index in [-0.39, 0.29) is 9.26 Å². The molecular weight excluding hydrogens is 295 g/mol. The standard InChI is InChI=1S/C7H6F2INO2/c8-6(9)5-3(2-12)7(10)11-1-4(5)13/h1,6,12-13H,2H2. The van der Waals surface area contributed by atoms with Crippen molar-refractivity contribution in [2.24, 2.45) is 0 Å². The maximum Gasteiger partial charge on any atom is 0.267 e. The monoisotopic (exact) mass is 301 g/mol. The molecule has 0 aliphatic heterocycles. The van der Waals surface area contributed by atoms with Crippen LogP contribution in [-0.2, 0) is 6.61 Å². The SMILES string of the molecule is OCc1c(I)ncc(O)c1C(F)F. The lowest BCUT2D eigenvalue weighted by Crippen LogP contribution is -2.00. The van der Waals surface area contributed by atoms with Gasteiger partial charge in [-0.1, -0.05) is 0 Å². The zero-order chi connectivity index (χ0) is 10.0. The molecule has 0 fully saturated rings. The van der Waals surface area contributed by atoms with Gasteiger partial charge in [0.1, 0.15) is 9.45 Å². The van der Waals surface area contributed by atoms with Crippen molar-refractivity contribution in [3.05, 3.63) is 21.0 Å². The molecule has 1 aromatic heterocycles. The predicted molar refractivity (Wildman–Crippen MR) is 49.5 cm³/mol. The Hall–Kier alpha value is -0.500. The molecule has 2 N–H and O–H groups in total. The molecule has 6 heteroatoms. The van der Waals surface area contributed by atoms with Crippen LogP contribution in [0.25, 0.3) is 0 Å². The van der Waals surface area contributed by atoms with E-state index in [1.165, 1.54) is 0 Å². The van der Waals surface area contributed by atoms with Gasteiger partial charge < -0.3 is 10.2 Å². The van der Waals surface area contributed by atoms with Gasteiger partial charge in [-0.2, -0.15) is 0 Å². The van der Waals surface area contributed by atoms with Gasteiger partial charge in [-0.05, 0) is 22.6 Å². The van der Waals surface area contributed by atoms with E-state index in [4.69, 9.17) is 10.2 Å². The minimum Gasteiger partial charge on any atom is -0.506 e. The van der Waals surface area contributed by atoms with Crippen LogP contribution in [0.15, 0.2) is 6.20 Å². The van der Waals surface area contributed by atoms with Gasteiger partial charge in [-0.3, -0.25) is 0 Å². The number of aromatic hydroxyl groups is 1. The fourth-order valence-electron chi connectivity index (χ4n) is 0.925. The number of pyridine rings is 1. The fraction of sp³-hybridized carbons (Fsp3) is 0.286. The van der Waals surface area contributed by atoms with Crippen LogP contribution in [0.4, 0.5) is 8.78 Å². The van der Waals surface area contributed by atoms with Crippen molar-refractivity contribution in [3.63, 3.8) is 0 Å². The summed E-state index contributed by atoms with van der Waals surface area (Å²) in [4.78, 5) is 3.64. The van der Waals surface area contributed by atoms with Crippen LogP contribution >= 0.6 is 22.6 Å². The number of aromatic nitrogens is 1. The molecule has 0 radical (unpaired) electrons. The van der Waals surface area contributed by atoms with Crippen LogP contribution in [0.2, 0.25) is 0 Å². The lowest BCUT2D eigenvalue weighted by atomic mass is 10.1. The normalized spacial score (nSPS) is 10.8. The van der Waals surface area contributed by atoms with E-state index in [0.29, 0.717) is 0 Å². The highest BCUT2D eigenvalue weighted by Gasteiger charge is 2.20. The van der Waals surface area contributed by atoms with Crippen molar-refractivity contribution < 1.29 is 19.0 Å². The summed E-state index contributed by atoms with van der Waals surface area (Å²) in [7, 11) is 0. The molecule has 0 amide bonds. The molecule has 1 aromatic rings. The fourth-order valence-corrected chi connectivity index (χ4v) is 1.53. The third kappa shape index (κ3) is 2.05. The summed E-state index contributed by atoms with van der Waals surface area (Å²) in [6, 6.07) is 0. The van der Waals surface area contributed by atoms with Gasteiger partial charge in [0.25, 0.3) is 6.43 Å². The average Bonchev–Trinajstić information content (AvgIpc) is 2.07. The van der Waals surface area contributed by atoms with Gasteiger partial charge in [-0.15, -0.1) is 0 Å². The molecule has 1 heterocycles. The van der Waals surface area contributed by atoms with E-state index in [2.05, 4.69) is 4.98 Å². The number of aliphatic hydroxyl groups is 1. The first-order valence-corrected chi connectivity index (χ1v) is 4.41. The second-order valence-corrected chi connectivity index (χ2v) is 3.31. The molecule has 0 saturated carbocycles. The average molecular weight is 301 g/mol. The first-order valence-electron chi connectivity index (χ1n) is 3.33. The van der Waals surface area contributed by atoms with Crippen LogP contribution in [0, 0.1) is 3.70 Å². The summed E-state index contributed by atoms with van der Waals surface area (Å²) in [6.45, 7) is -0.556. The summed E-state index contributed by atoms with van der Waals surface area (Å²) >= 11 is 1.72. The maximum atomic E-state index is 12.4. The van der Waals surface area contributed by atoms with E-state index in [1.807, 2.05) is 0 Å². The van der Waals surface area contributed by atoms with Gasteiger partial charge in [0.2, 0.25) is 0 Å². The molecule has 0 aliphatic carbocycles. The van der Waals surface area contributed by atoms with E-state index in [1.54, 1.807) is 22.6 Å². The van der Waals surface area contributed by atoms with Crippen LogP contribution in [0.1, 0.15) is 17.6 Å². The van der Waals surface area contributed by atoms with Crippen LogP contribution in [0.3, 0.4) is 0 Å².